The number of hydrogen-bond donors (Lipinski definition) is 0. The van der Waals surface area contributed by atoms with Gasteiger partial charge in [-0.3, -0.25) is 4.90 Å². The molecule has 3 aromatic heterocycles. The quantitative estimate of drug-likeness (QED) is 0.686. The lowest BCUT2D eigenvalue weighted by molar-refractivity contribution is 0.184. The second-order valence-electron chi connectivity index (χ2n) is 6.47. The summed E-state index contributed by atoms with van der Waals surface area (Å²) in [4.78, 5) is 14.6. The molecule has 1 unspecified atom stereocenters. The van der Waals surface area contributed by atoms with Crippen LogP contribution in [0, 0.1) is 11.3 Å². The van der Waals surface area contributed by atoms with Gasteiger partial charge in [-0.1, -0.05) is 11.2 Å². The highest BCUT2D eigenvalue weighted by Gasteiger charge is 2.25. The summed E-state index contributed by atoms with van der Waals surface area (Å²) in [7, 11) is 0. The maximum absolute atomic E-state index is 9.34. The second-order valence-corrected chi connectivity index (χ2v) is 7.42. The largest absolute Gasteiger partial charge is 0.354 e. The minimum Gasteiger partial charge on any atom is -0.354 e. The molecule has 4 rings (SSSR count). The Morgan fingerprint density at radius 2 is 2.15 bits per heavy atom. The molecule has 0 aromatic carbocycles. The van der Waals surface area contributed by atoms with Gasteiger partial charge in [0.2, 0.25) is 11.7 Å². The van der Waals surface area contributed by atoms with Gasteiger partial charge in [0.15, 0.2) is 0 Å². The third-order valence-electron chi connectivity index (χ3n) is 4.83. The van der Waals surface area contributed by atoms with Crippen LogP contribution in [0.25, 0.3) is 10.7 Å². The Kier molecular flexibility index (Phi) is 5.14. The first-order valence-electron chi connectivity index (χ1n) is 8.98. The van der Waals surface area contributed by atoms with E-state index in [0.29, 0.717) is 17.3 Å². The minimum absolute atomic E-state index is 0.0466. The molecular formula is C19H20N6OS. The molecule has 0 saturated carbocycles. The van der Waals surface area contributed by atoms with E-state index in [1.807, 2.05) is 23.6 Å². The minimum atomic E-state index is 0.0466. The van der Waals surface area contributed by atoms with E-state index in [1.54, 1.807) is 23.6 Å². The van der Waals surface area contributed by atoms with Gasteiger partial charge in [-0.25, -0.2) is 4.98 Å². The lowest BCUT2D eigenvalue weighted by Gasteiger charge is -2.25. The molecule has 7 nitrogen and oxygen atoms in total. The Labute approximate surface area is 161 Å². The maximum Gasteiger partial charge on any atom is 0.244 e. The number of pyridine rings is 1. The number of nitrogens with zero attached hydrogens (tertiary/aromatic N) is 6. The molecule has 138 valence electrons. The van der Waals surface area contributed by atoms with E-state index in [1.165, 1.54) is 0 Å². The highest BCUT2D eigenvalue weighted by Crippen LogP contribution is 2.26. The number of rotatable bonds is 4. The molecule has 3 aromatic rings. The van der Waals surface area contributed by atoms with E-state index in [0.717, 1.165) is 43.3 Å². The summed E-state index contributed by atoms with van der Waals surface area (Å²) in [5, 5.41) is 15.5. The van der Waals surface area contributed by atoms with Crippen molar-refractivity contribution >= 4 is 17.2 Å². The van der Waals surface area contributed by atoms with Gasteiger partial charge >= 0.3 is 0 Å². The number of thiophene rings is 1. The summed E-state index contributed by atoms with van der Waals surface area (Å²) < 4.78 is 5.53. The lowest BCUT2D eigenvalue weighted by Crippen LogP contribution is -2.33. The van der Waals surface area contributed by atoms with Crippen LogP contribution < -0.4 is 4.90 Å². The molecule has 1 saturated heterocycles. The van der Waals surface area contributed by atoms with E-state index in [9.17, 15) is 5.26 Å². The zero-order valence-electron chi connectivity index (χ0n) is 15.1. The first kappa shape index (κ1) is 17.6. The molecule has 0 aliphatic carbocycles. The monoisotopic (exact) mass is 380 g/mol. The van der Waals surface area contributed by atoms with Gasteiger partial charge in [-0.2, -0.15) is 10.2 Å². The Morgan fingerprint density at radius 1 is 1.22 bits per heavy atom. The summed E-state index contributed by atoms with van der Waals surface area (Å²) in [6, 6.07) is 9.88. The van der Waals surface area contributed by atoms with Crippen LogP contribution in [-0.2, 0) is 0 Å². The average molecular weight is 380 g/mol. The van der Waals surface area contributed by atoms with Crippen molar-refractivity contribution in [2.24, 2.45) is 0 Å². The van der Waals surface area contributed by atoms with Crippen LogP contribution >= 0.6 is 11.3 Å². The van der Waals surface area contributed by atoms with Crippen LogP contribution in [0.3, 0.4) is 0 Å². The zero-order chi connectivity index (χ0) is 18.6. The number of hydrogen-bond acceptors (Lipinski definition) is 8. The first-order valence-corrected chi connectivity index (χ1v) is 9.86. The predicted octanol–water partition coefficient (Wildman–Crippen LogP) is 3.34. The fraction of sp³-hybridized carbons (Fsp3) is 0.368. The van der Waals surface area contributed by atoms with Gasteiger partial charge in [0.25, 0.3) is 0 Å². The summed E-state index contributed by atoms with van der Waals surface area (Å²) >= 11 is 1.60. The number of nitriles is 1. The summed E-state index contributed by atoms with van der Waals surface area (Å²) in [5.74, 6) is 2.06. The Bertz CT molecular complexity index is 932. The van der Waals surface area contributed by atoms with E-state index >= 15 is 0 Å². The average Bonchev–Trinajstić information content (AvgIpc) is 3.35. The Balaban J connectivity index is 1.46. The molecule has 1 atom stereocenters. The predicted molar refractivity (Wildman–Crippen MR) is 103 cm³/mol. The Morgan fingerprint density at radius 3 is 2.96 bits per heavy atom. The third-order valence-corrected chi connectivity index (χ3v) is 5.69. The zero-order valence-corrected chi connectivity index (χ0v) is 15.9. The first-order chi connectivity index (χ1) is 13.3. The van der Waals surface area contributed by atoms with E-state index < -0.39 is 0 Å². The van der Waals surface area contributed by atoms with Crippen LogP contribution in [0.4, 0.5) is 5.82 Å². The summed E-state index contributed by atoms with van der Waals surface area (Å²) in [6.07, 6.45) is 2.73. The number of aromatic nitrogens is 3. The van der Waals surface area contributed by atoms with Crippen molar-refractivity contribution in [2.75, 3.05) is 31.1 Å². The van der Waals surface area contributed by atoms with Crippen LogP contribution in [0.1, 0.15) is 30.8 Å². The lowest BCUT2D eigenvalue weighted by atomic mass is 10.2. The highest BCUT2D eigenvalue weighted by molar-refractivity contribution is 7.13. The summed E-state index contributed by atoms with van der Waals surface area (Å²) in [6.45, 7) is 5.56. The van der Waals surface area contributed by atoms with Crippen molar-refractivity contribution in [1.82, 2.24) is 20.0 Å². The van der Waals surface area contributed by atoms with E-state index in [4.69, 9.17) is 4.52 Å². The molecular weight excluding hydrogens is 360 g/mol. The standard InChI is InChI=1S/C19H20N6OS/c1-14(19-22-17(23-26-19)16-6-3-12-27-16)24-8-4-9-25(11-10-24)18-15(13-20)5-2-7-21-18/h2-3,5-7,12,14H,4,8-11H2,1H3. The van der Waals surface area contributed by atoms with Crippen molar-refractivity contribution in [3.63, 3.8) is 0 Å². The molecule has 1 aliphatic heterocycles. The van der Waals surface area contributed by atoms with Crippen LogP contribution in [0.2, 0.25) is 0 Å². The summed E-state index contributed by atoms with van der Waals surface area (Å²) in [5.41, 5.74) is 0.622. The van der Waals surface area contributed by atoms with Crippen molar-refractivity contribution in [2.45, 2.75) is 19.4 Å². The molecule has 4 heterocycles. The van der Waals surface area contributed by atoms with E-state index in [2.05, 4.69) is 37.9 Å². The van der Waals surface area contributed by atoms with E-state index in [-0.39, 0.29) is 6.04 Å². The fourth-order valence-electron chi connectivity index (χ4n) is 3.34. The number of anilines is 1. The third kappa shape index (κ3) is 3.70. The van der Waals surface area contributed by atoms with Crippen molar-refractivity contribution in [3.05, 3.63) is 47.3 Å². The smallest absolute Gasteiger partial charge is 0.244 e. The van der Waals surface area contributed by atoms with Crippen LogP contribution in [-0.4, -0.2) is 46.2 Å². The van der Waals surface area contributed by atoms with Gasteiger partial charge in [-0.15, -0.1) is 11.3 Å². The fourth-order valence-corrected chi connectivity index (χ4v) is 3.99. The van der Waals surface area contributed by atoms with Gasteiger partial charge < -0.3 is 9.42 Å². The molecule has 0 N–H and O–H groups in total. The van der Waals surface area contributed by atoms with Crippen molar-refractivity contribution in [1.29, 1.82) is 5.26 Å². The van der Waals surface area contributed by atoms with Gasteiger partial charge in [-0.05, 0) is 36.9 Å². The molecule has 0 radical (unpaired) electrons. The molecule has 8 heteroatoms. The van der Waals surface area contributed by atoms with Gasteiger partial charge in [0.05, 0.1) is 16.5 Å². The molecule has 0 amide bonds. The van der Waals surface area contributed by atoms with Crippen LogP contribution in [0.15, 0.2) is 40.4 Å². The molecule has 27 heavy (non-hydrogen) atoms. The van der Waals surface area contributed by atoms with Gasteiger partial charge in [0.1, 0.15) is 11.9 Å². The molecule has 0 spiro atoms. The normalized spacial score (nSPS) is 16.7. The van der Waals surface area contributed by atoms with Crippen molar-refractivity contribution in [3.8, 4) is 16.8 Å². The topological polar surface area (TPSA) is 82.1 Å². The Hall–Kier alpha value is -2.76. The molecule has 1 aliphatic rings. The SMILES string of the molecule is CC(c1nc(-c2cccs2)no1)N1CCCN(c2ncccc2C#N)CC1. The molecule has 1 fully saturated rings. The van der Waals surface area contributed by atoms with Crippen LogP contribution in [0.5, 0.6) is 0 Å². The highest BCUT2D eigenvalue weighted by atomic mass is 32.1. The molecule has 0 bridgehead atoms. The second kappa shape index (κ2) is 7.86. The van der Waals surface area contributed by atoms with Gasteiger partial charge in [0, 0.05) is 32.4 Å². The maximum atomic E-state index is 9.34. The van der Waals surface area contributed by atoms with Crippen molar-refractivity contribution < 1.29 is 4.52 Å².